The summed E-state index contributed by atoms with van der Waals surface area (Å²) in [7, 11) is 0. The number of aromatic hydroxyl groups is 3. The summed E-state index contributed by atoms with van der Waals surface area (Å²) in [5.74, 6) is -0.0837. The van der Waals surface area contributed by atoms with E-state index in [1.54, 1.807) is 24.3 Å². The number of pyridine rings is 1. The van der Waals surface area contributed by atoms with Gasteiger partial charge in [-0.3, -0.25) is 15.0 Å². The van der Waals surface area contributed by atoms with Crippen LogP contribution in [-0.2, 0) is 0 Å². The van der Waals surface area contributed by atoms with Gasteiger partial charge in [0.05, 0.1) is 11.1 Å². The van der Waals surface area contributed by atoms with E-state index in [1.807, 2.05) is 0 Å². The van der Waals surface area contributed by atoms with Crippen LogP contribution in [0.15, 0.2) is 53.3 Å². The van der Waals surface area contributed by atoms with Gasteiger partial charge in [0.1, 0.15) is 17.2 Å². The van der Waals surface area contributed by atoms with Gasteiger partial charge in [-0.25, -0.2) is 4.98 Å². The minimum atomic E-state index is -0.302. The van der Waals surface area contributed by atoms with Crippen molar-refractivity contribution in [2.24, 2.45) is 0 Å². The number of hydrogen-bond acceptors (Lipinski definition) is 5. The first-order chi connectivity index (χ1) is 12.0. The molecule has 2 heterocycles. The summed E-state index contributed by atoms with van der Waals surface area (Å²) in [6.45, 7) is 0. The van der Waals surface area contributed by atoms with E-state index in [1.165, 1.54) is 24.3 Å². The van der Waals surface area contributed by atoms with Crippen LogP contribution < -0.4 is 5.56 Å². The lowest BCUT2D eigenvalue weighted by Gasteiger charge is -2.11. The molecular weight excluding hydrogens is 322 g/mol. The molecule has 0 aliphatic rings. The van der Waals surface area contributed by atoms with Gasteiger partial charge in [0.25, 0.3) is 5.56 Å². The highest BCUT2D eigenvalue weighted by molar-refractivity contribution is 5.91. The Labute approximate surface area is 140 Å². The Hall–Kier alpha value is -3.74. The van der Waals surface area contributed by atoms with Crippen molar-refractivity contribution < 1.29 is 15.3 Å². The zero-order valence-corrected chi connectivity index (χ0v) is 12.8. The molecule has 0 atom stereocenters. The fraction of sp³-hybridized carbons (Fsp3) is 0. The summed E-state index contributed by atoms with van der Waals surface area (Å²) in [6, 6.07) is 12.3. The summed E-state index contributed by atoms with van der Waals surface area (Å²) < 4.78 is 0. The molecule has 7 nitrogen and oxygen atoms in total. The standard InChI is InChI=1S/C18H13N3O4/c22-10-3-1-9(2-4-10)13-8-14-17(20-21-18(14)25)19-16(13)12-6-5-11(23)7-15(12)24/h1-8,22-24H,(H2,19,20,21,25). The van der Waals surface area contributed by atoms with Crippen LogP contribution in [0.3, 0.4) is 0 Å². The maximum Gasteiger partial charge on any atom is 0.273 e. The molecule has 4 aromatic rings. The number of phenolic OH excluding ortho intramolecular Hbond substituents is 3. The molecule has 7 heteroatoms. The first-order valence-corrected chi connectivity index (χ1v) is 7.46. The first-order valence-electron chi connectivity index (χ1n) is 7.46. The van der Waals surface area contributed by atoms with Gasteiger partial charge in [-0.2, -0.15) is 0 Å². The number of phenols is 3. The first kappa shape index (κ1) is 14.8. The van der Waals surface area contributed by atoms with Gasteiger partial charge in [0, 0.05) is 17.2 Å². The monoisotopic (exact) mass is 335 g/mol. The molecule has 0 aliphatic carbocycles. The van der Waals surface area contributed by atoms with Gasteiger partial charge in [0.2, 0.25) is 0 Å². The summed E-state index contributed by atoms with van der Waals surface area (Å²) in [5.41, 5.74) is 2.23. The molecule has 0 unspecified atom stereocenters. The Kier molecular flexibility index (Phi) is 3.21. The van der Waals surface area contributed by atoms with E-state index in [0.29, 0.717) is 27.9 Å². The highest BCUT2D eigenvalue weighted by Crippen LogP contribution is 2.38. The molecule has 25 heavy (non-hydrogen) atoms. The Morgan fingerprint density at radius 2 is 1.52 bits per heavy atom. The van der Waals surface area contributed by atoms with Crippen molar-refractivity contribution >= 4 is 11.0 Å². The predicted molar refractivity (Wildman–Crippen MR) is 92.6 cm³/mol. The fourth-order valence-electron chi connectivity index (χ4n) is 2.75. The molecule has 0 amide bonds. The number of benzene rings is 2. The largest absolute Gasteiger partial charge is 0.508 e. The third kappa shape index (κ3) is 2.47. The van der Waals surface area contributed by atoms with Crippen LogP contribution in [0, 0.1) is 0 Å². The molecular formula is C18H13N3O4. The highest BCUT2D eigenvalue weighted by atomic mass is 16.3. The highest BCUT2D eigenvalue weighted by Gasteiger charge is 2.17. The van der Waals surface area contributed by atoms with Crippen LogP contribution in [-0.4, -0.2) is 30.5 Å². The zero-order valence-electron chi connectivity index (χ0n) is 12.8. The van der Waals surface area contributed by atoms with E-state index in [9.17, 15) is 20.1 Å². The van der Waals surface area contributed by atoms with Crippen LogP contribution in [0.5, 0.6) is 17.2 Å². The average Bonchev–Trinajstić information content (AvgIpc) is 2.95. The van der Waals surface area contributed by atoms with Crippen LogP contribution in [0.2, 0.25) is 0 Å². The van der Waals surface area contributed by atoms with E-state index >= 15 is 0 Å². The molecule has 0 saturated carbocycles. The van der Waals surface area contributed by atoms with Gasteiger partial charge in [-0.1, -0.05) is 12.1 Å². The second kappa shape index (κ2) is 5.41. The van der Waals surface area contributed by atoms with Crippen LogP contribution in [0.4, 0.5) is 0 Å². The lowest BCUT2D eigenvalue weighted by Crippen LogP contribution is -1.99. The van der Waals surface area contributed by atoms with Crippen LogP contribution >= 0.6 is 0 Å². The number of aromatic amines is 2. The minimum absolute atomic E-state index is 0.0661. The summed E-state index contributed by atoms with van der Waals surface area (Å²) in [6.07, 6.45) is 0. The van der Waals surface area contributed by atoms with E-state index in [-0.39, 0.29) is 22.8 Å². The van der Waals surface area contributed by atoms with Gasteiger partial charge < -0.3 is 15.3 Å². The fourth-order valence-corrected chi connectivity index (χ4v) is 2.75. The van der Waals surface area contributed by atoms with E-state index < -0.39 is 0 Å². The molecule has 0 bridgehead atoms. The Balaban J connectivity index is 2.06. The number of nitrogens with one attached hydrogen (secondary N) is 2. The maximum absolute atomic E-state index is 11.9. The van der Waals surface area contributed by atoms with Crippen molar-refractivity contribution in [2.45, 2.75) is 0 Å². The van der Waals surface area contributed by atoms with Crippen molar-refractivity contribution in [2.75, 3.05) is 0 Å². The van der Waals surface area contributed by atoms with Crippen molar-refractivity contribution in [3.63, 3.8) is 0 Å². The molecule has 2 aromatic heterocycles. The lowest BCUT2D eigenvalue weighted by molar-refractivity contribution is 0.452. The SMILES string of the molecule is O=c1[nH][nH]c2nc(-c3ccc(O)cc3O)c(-c3ccc(O)cc3)cc12. The number of rotatable bonds is 2. The molecule has 5 N–H and O–H groups in total. The topological polar surface area (TPSA) is 122 Å². The summed E-state index contributed by atoms with van der Waals surface area (Å²) in [4.78, 5) is 16.4. The number of H-pyrrole nitrogens is 2. The lowest BCUT2D eigenvalue weighted by atomic mass is 9.97. The summed E-state index contributed by atoms with van der Waals surface area (Å²) in [5, 5.41) is 34.8. The Bertz CT molecular complexity index is 1140. The molecule has 0 spiro atoms. The predicted octanol–water partition coefficient (Wildman–Crippen LogP) is 2.70. The number of nitrogens with zero attached hydrogens (tertiary/aromatic N) is 1. The number of hydrogen-bond donors (Lipinski definition) is 5. The van der Waals surface area contributed by atoms with Crippen LogP contribution in [0.1, 0.15) is 0 Å². The average molecular weight is 335 g/mol. The van der Waals surface area contributed by atoms with Crippen LogP contribution in [0.25, 0.3) is 33.4 Å². The molecule has 2 aromatic carbocycles. The Morgan fingerprint density at radius 1 is 0.800 bits per heavy atom. The molecule has 124 valence electrons. The number of aromatic nitrogens is 3. The maximum atomic E-state index is 11.9. The molecule has 0 radical (unpaired) electrons. The molecule has 0 fully saturated rings. The second-order valence-electron chi connectivity index (χ2n) is 5.61. The van der Waals surface area contributed by atoms with Crippen molar-refractivity contribution in [3.05, 3.63) is 58.9 Å². The van der Waals surface area contributed by atoms with E-state index in [4.69, 9.17) is 0 Å². The molecule has 0 saturated heterocycles. The van der Waals surface area contributed by atoms with Gasteiger partial charge in [-0.15, -0.1) is 0 Å². The summed E-state index contributed by atoms with van der Waals surface area (Å²) >= 11 is 0. The smallest absolute Gasteiger partial charge is 0.273 e. The third-order valence-corrected chi connectivity index (χ3v) is 3.98. The van der Waals surface area contributed by atoms with Crippen molar-refractivity contribution in [3.8, 4) is 39.6 Å². The molecule has 4 rings (SSSR count). The minimum Gasteiger partial charge on any atom is -0.508 e. The van der Waals surface area contributed by atoms with Gasteiger partial charge in [0.15, 0.2) is 5.65 Å². The normalized spacial score (nSPS) is 11.0. The quantitative estimate of drug-likeness (QED) is 0.385. The zero-order chi connectivity index (χ0) is 17.6. The van der Waals surface area contributed by atoms with Crippen molar-refractivity contribution in [1.29, 1.82) is 0 Å². The van der Waals surface area contributed by atoms with Crippen molar-refractivity contribution in [1.82, 2.24) is 15.2 Å². The Morgan fingerprint density at radius 3 is 2.24 bits per heavy atom. The number of fused-ring (bicyclic) bond motifs is 1. The van der Waals surface area contributed by atoms with Gasteiger partial charge >= 0.3 is 0 Å². The van der Waals surface area contributed by atoms with Gasteiger partial charge in [-0.05, 0) is 35.9 Å². The van der Waals surface area contributed by atoms with E-state index in [2.05, 4.69) is 15.2 Å². The molecule has 0 aliphatic heterocycles. The second-order valence-corrected chi connectivity index (χ2v) is 5.61. The third-order valence-electron chi connectivity index (χ3n) is 3.98. The van der Waals surface area contributed by atoms with E-state index in [0.717, 1.165) is 5.56 Å².